The molecule has 76 valence electrons. The molecule has 0 aliphatic carbocycles. The summed E-state index contributed by atoms with van der Waals surface area (Å²) in [5.74, 6) is 0.692. The van der Waals surface area contributed by atoms with Crippen LogP contribution in [-0.2, 0) is 0 Å². The van der Waals surface area contributed by atoms with Crippen molar-refractivity contribution < 1.29 is 4.74 Å². The number of hydrogen-bond acceptors (Lipinski definition) is 2. The van der Waals surface area contributed by atoms with E-state index in [0.717, 1.165) is 11.1 Å². The van der Waals surface area contributed by atoms with E-state index in [1.807, 2.05) is 33.8 Å². The van der Waals surface area contributed by atoms with Gasteiger partial charge in [-0.1, -0.05) is 19.9 Å². The summed E-state index contributed by atoms with van der Waals surface area (Å²) in [5.41, 5.74) is 2.78. The van der Waals surface area contributed by atoms with Gasteiger partial charge in [0.05, 0.1) is 12.7 Å². The van der Waals surface area contributed by atoms with Gasteiger partial charge >= 0.3 is 0 Å². The second-order valence-corrected chi connectivity index (χ2v) is 2.70. The molecule has 0 aliphatic heterocycles. The first-order chi connectivity index (χ1) is 6.70. The monoisotopic (exact) mass is 191 g/mol. The van der Waals surface area contributed by atoms with Gasteiger partial charge in [-0.25, -0.2) is 0 Å². The number of ether oxygens (including phenoxy) is 1. The Kier molecular flexibility index (Phi) is 5.40. The maximum atomic E-state index is 8.73. The van der Waals surface area contributed by atoms with Crippen LogP contribution < -0.4 is 4.74 Å². The van der Waals surface area contributed by atoms with Crippen LogP contribution in [0.15, 0.2) is 12.1 Å². The van der Waals surface area contributed by atoms with Crippen molar-refractivity contribution in [2.45, 2.75) is 27.7 Å². The van der Waals surface area contributed by atoms with E-state index in [1.165, 1.54) is 0 Å². The molecule has 0 amide bonds. The highest BCUT2D eigenvalue weighted by molar-refractivity contribution is 5.50. The van der Waals surface area contributed by atoms with Crippen LogP contribution in [0.5, 0.6) is 5.75 Å². The Morgan fingerprint density at radius 3 is 2.21 bits per heavy atom. The number of nitrogens with zero attached hydrogens (tertiary/aromatic N) is 1. The summed E-state index contributed by atoms with van der Waals surface area (Å²) >= 11 is 0. The minimum absolute atomic E-state index is 0.598. The molecule has 0 radical (unpaired) electrons. The van der Waals surface area contributed by atoms with Gasteiger partial charge in [-0.3, -0.25) is 0 Å². The van der Waals surface area contributed by atoms with Crippen LogP contribution in [0, 0.1) is 25.2 Å². The highest BCUT2D eigenvalue weighted by Crippen LogP contribution is 2.24. The van der Waals surface area contributed by atoms with Gasteiger partial charge in [0.15, 0.2) is 0 Å². The zero-order valence-corrected chi connectivity index (χ0v) is 9.51. The number of hydrogen-bond donors (Lipinski definition) is 0. The van der Waals surface area contributed by atoms with Crippen molar-refractivity contribution in [3.8, 4) is 11.8 Å². The highest BCUT2D eigenvalue weighted by Gasteiger charge is 2.06. The molecule has 0 bridgehead atoms. The molecule has 0 fully saturated rings. The van der Waals surface area contributed by atoms with Crippen LogP contribution in [0.1, 0.15) is 30.5 Å². The summed E-state index contributed by atoms with van der Waals surface area (Å²) in [4.78, 5) is 0. The molecule has 0 atom stereocenters. The Balaban J connectivity index is 0.000000791. The Morgan fingerprint density at radius 1 is 1.21 bits per heavy atom. The van der Waals surface area contributed by atoms with E-state index < -0.39 is 0 Å². The summed E-state index contributed by atoms with van der Waals surface area (Å²) in [5, 5.41) is 8.73. The number of rotatable bonds is 1. The molecular weight excluding hydrogens is 174 g/mol. The molecule has 0 spiro atoms. The predicted molar refractivity (Wildman–Crippen MR) is 58.5 cm³/mol. The molecule has 0 N–H and O–H groups in total. The van der Waals surface area contributed by atoms with Gasteiger partial charge in [0.25, 0.3) is 0 Å². The zero-order valence-electron chi connectivity index (χ0n) is 9.51. The lowest BCUT2D eigenvalue weighted by atomic mass is 10.1. The topological polar surface area (TPSA) is 33.0 Å². The summed E-state index contributed by atoms with van der Waals surface area (Å²) in [6.45, 7) is 7.95. The number of nitriles is 1. The van der Waals surface area contributed by atoms with Crippen molar-refractivity contribution in [3.63, 3.8) is 0 Å². The first kappa shape index (κ1) is 12.5. The summed E-state index contributed by atoms with van der Waals surface area (Å²) in [7, 11) is 1.59. The molecule has 0 saturated heterocycles. The SMILES string of the molecule is CC.COc1c(C#N)ccc(C)c1C. The van der Waals surface area contributed by atoms with E-state index in [1.54, 1.807) is 13.2 Å². The van der Waals surface area contributed by atoms with Crippen molar-refractivity contribution in [2.75, 3.05) is 7.11 Å². The summed E-state index contributed by atoms with van der Waals surface area (Å²) < 4.78 is 5.13. The third kappa shape index (κ3) is 2.50. The third-order valence-corrected chi connectivity index (χ3v) is 2.00. The van der Waals surface area contributed by atoms with Crippen molar-refractivity contribution in [3.05, 3.63) is 28.8 Å². The lowest BCUT2D eigenvalue weighted by molar-refractivity contribution is 0.410. The van der Waals surface area contributed by atoms with Crippen molar-refractivity contribution in [1.82, 2.24) is 0 Å². The number of methoxy groups -OCH3 is 1. The summed E-state index contributed by atoms with van der Waals surface area (Å²) in [6, 6.07) is 5.80. The third-order valence-electron chi connectivity index (χ3n) is 2.00. The normalized spacial score (nSPS) is 8.29. The van der Waals surface area contributed by atoms with Crippen LogP contribution in [-0.4, -0.2) is 7.11 Å². The van der Waals surface area contributed by atoms with E-state index in [4.69, 9.17) is 10.00 Å². The van der Waals surface area contributed by atoms with Gasteiger partial charge < -0.3 is 4.74 Å². The second kappa shape index (κ2) is 6.04. The fourth-order valence-corrected chi connectivity index (χ4v) is 1.14. The maximum Gasteiger partial charge on any atom is 0.139 e. The van der Waals surface area contributed by atoms with Gasteiger partial charge in [0.2, 0.25) is 0 Å². The van der Waals surface area contributed by atoms with Gasteiger partial charge in [-0.05, 0) is 31.0 Å². The largest absolute Gasteiger partial charge is 0.495 e. The molecule has 1 aromatic carbocycles. The van der Waals surface area contributed by atoms with Crippen molar-refractivity contribution >= 4 is 0 Å². The molecule has 14 heavy (non-hydrogen) atoms. The van der Waals surface area contributed by atoms with E-state index >= 15 is 0 Å². The van der Waals surface area contributed by atoms with E-state index in [2.05, 4.69) is 6.07 Å². The molecule has 0 aliphatic rings. The first-order valence-electron chi connectivity index (χ1n) is 4.75. The molecule has 0 heterocycles. The average Bonchev–Trinajstić information content (AvgIpc) is 2.24. The van der Waals surface area contributed by atoms with E-state index in [9.17, 15) is 0 Å². The smallest absolute Gasteiger partial charge is 0.139 e. The number of aryl methyl sites for hydroxylation is 1. The molecule has 0 saturated carbocycles. The quantitative estimate of drug-likeness (QED) is 0.682. The molecule has 1 aromatic rings. The molecule has 1 rings (SSSR count). The van der Waals surface area contributed by atoms with Gasteiger partial charge in [0.1, 0.15) is 11.8 Å². The lowest BCUT2D eigenvalue weighted by Gasteiger charge is -2.08. The molecule has 2 heteroatoms. The standard InChI is InChI=1S/C10H11NO.C2H6/c1-7-4-5-9(6-11)10(12-3)8(7)2;1-2/h4-5H,1-3H3;1-2H3. The van der Waals surface area contributed by atoms with E-state index in [0.29, 0.717) is 11.3 Å². The van der Waals surface area contributed by atoms with E-state index in [-0.39, 0.29) is 0 Å². The van der Waals surface area contributed by atoms with Crippen molar-refractivity contribution in [1.29, 1.82) is 5.26 Å². The highest BCUT2D eigenvalue weighted by atomic mass is 16.5. The minimum atomic E-state index is 0.598. The molecular formula is C12H17NO. The van der Waals surface area contributed by atoms with Gasteiger partial charge in [0, 0.05) is 0 Å². The van der Waals surface area contributed by atoms with Crippen LogP contribution >= 0.6 is 0 Å². The van der Waals surface area contributed by atoms with Crippen LogP contribution in [0.4, 0.5) is 0 Å². The zero-order chi connectivity index (χ0) is 11.1. The number of benzene rings is 1. The van der Waals surface area contributed by atoms with Crippen molar-refractivity contribution in [2.24, 2.45) is 0 Å². The van der Waals surface area contributed by atoms with Crippen LogP contribution in [0.25, 0.3) is 0 Å². The van der Waals surface area contributed by atoms with Gasteiger partial charge in [-0.15, -0.1) is 0 Å². The Bertz CT molecular complexity index is 337. The van der Waals surface area contributed by atoms with Gasteiger partial charge in [-0.2, -0.15) is 5.26 Å². The fourth-order valence-electron chi connectivity index (χ4n) is 1.14. The van der Waals surface area contributed by atoms with Crippen LogP contribution in [0.3, 0.4) is 0 Å². The van der Waals surface area contributed by atoms with Crippen LogP contribution in [0.2, 0.25) is 0 Å². The average molecular weight is 191 g/mol. The predicted octanol–water partition coefficient (Wildman–Crippen LogP) is 3.21. The first-order valence-corrected chi connectivity index (χ1v) is 4.75. The minimum Gasteiger partial charge on any atom is -0.495 e. The second-order valence-electron chi connectivity index (χ2n) is 2.70. The Labute approximate surface area is 86.1 Å². The Hall–Kier alpha value is -1.49. The maximum absolute atomic E-state index is 8.73. The summed E-state index contributed by atoms with van der Waals surface area (Å²) in [6.07, 6.45) is 0. The fraction of sp³-hybridized carbons (Fsp3) is 0.417. The lowest BCUT2D eigenvalue weighted by Crippen LogP contribution is -1.93. The molecule has 0 aromatic heterocycles. The molecule has 0 unspecified atom stereocenters. The Morgan fingerprint density at radius 2 is 1.79 bits per heavy atom. The molecule has 2 nitrogen and oxygen atoms in total.